The van der Waals surface area contributed by atoms with E-state index >= 15 is 0 Å². The lowest BCUT2D eigenvalue weighted by molar-refractivity contribution is 0.551. The molecule has 0 aliphatic heterocycles. The Bertz CT molecular complexity index is 1670. The lowest BCUT2D eigenvalue weighted by atomic mass is 10.1. The van der Waals surface area contributed by atoms with Gasteiger partial charge < -0.3 is 5.73 Å². The van der Waals surface area contributed by atoms with Crippen molar-refractivity contribution in [1.82, 2.24) is 30.1 Å². The fourth-order valence-electron chi connectivity index (χ4n) is 3.35. The first kappa shape index (κ1) is 20.6. The first-order chi connectivity index (χ1) is 15.7. The highest BCUT2D eigenvalue weighted by molar-refractivity contribution is 7.92. The van der Waals surface area contributed by atoms with Gasteiger partial charge in [-0.3, -0.25) is 9.82 Å². The molecule has 10 nitrogen and oxygen atoms in total. The number of aromatic amines is 1. The zero-order valence-electron chi connectivity index (χ0n) is 16.8. The van der Waals surface area contributed by atoms with Crippen molar-refractivity contribution < 1.29 is 17.2 Å². The van der Waals surface area contributed by atoms with Crippen molar-refractivity contribution in [3.63, 3.8) is 0 Å². The number of H-pyrrole nitrogens is 1. The maximum absolute atomic E-state index is 14.0. The summed E-state index contributed by atoms with van der Waals surface area (Å²) in [5, 5.41) is 7.59. The second-order valence-electron chi connectivity index (χ2n) is 7.13. The number of aromatic nitrogens is 6. The quantitative estimate of drug-likeness (QED) is 0.364. The number of aryl methyl sites for hydroxylation is 1. The van der Waals surface area contributed by atoms with Crippen molar-refractivity contribution in [2.24, 2.45) is 0 Å². The van der Waals surface area contributed by atoms with Gasteiger partial charge in [-0.2, -0.15) is 10.1 Å². The highest BCUT2D eigenvalue weighted by Crippen LogP contribution is 2.29. The van der Waals surface area contributed by atoms with Crippen LogP contribution in [0.2, 0.25) is 0 Å². The number of halogens is 2. The van der Waals surface area contributed by atoms with Gasteiger partial charge in [0.05, 0.1) is 11.1 Å². The number of nitrogens with two attached hydrogens (primary N) is 1. The Morgan fingerprint density at radius 3 is 2.48 bits per heavy atom. The molecule has 4 aromatic heterocycles. The summed E-state index contributed by atoms with van der Waals surface area (Å²) in [5.74, 6) is -2.08. The van der Waals surface area contributed by atoms with Gasteiger partial charge in [-0.1, -0.05) is 0 Å². The SMILES string of the molecule is Cc1nc(N)nc2ncc(-c3cnc4[nH]nc(NS(=O)(=O)c5ccc(F)cc5F)c4c3)cc12. The number of anilines is 2. The second kappa shape index (κ2) is 7.41. The van der Waals surface area contributed by atoms with Gasteiger partial charge >= 0.3 is 0 Å². The van der Waals surface area contributed by atoms with Crippen LogP contribution in [0, 0.1) is 18.6 Å². The molecule has 0 aliphatic carbocycles. The minimum absolute atomic E-state index is 0.0934. The third-order valence-corrected chi connectivity index (χ3v) is 6.30. The van der Waals surface area contributed by atoms with Crippen LogP contribution in [-0.2, 0) is 10.0 Å². The van der Waals surface area contributed by atoms with E-state index in [4.69, 9.17) is 5.73 Å². The minimum Gasteiger partial charge on any atom is -0.368 e. The van der Waals surface area contributed by atoms with Crippen molar-refractivity contribution in [3.05, 3.63) is 60.1 Å². The van der Waals surface area contributed by atoms with E-state index in [-0.39, 0.29) is 11.8 Å². The van der Waals surface area contributed by atoms with Crippen LogP contribution in [0.5, 0.6) is 0 Å². The number of fused-ring (bicyclic) bond motifs is 2. The first-order valence-corrected chi connectivity index (χ1v) is 10.9. The standard InChI is InChI=1S/C20H14F2N8O2S/c1-9-13-4-10(7-24-17(13)27-20(23)26-9)11-5-14-18(25-8-11)28-29-19(14)30-33(31,32)16-3-2-12(21)6-15(16)22/h2-8H,1H3,(H2,23,24,26,27)(H2,25,28,29,30). The van der Waals surface area contributed by atoms with Crippen LogP contribution in [0.15, 0.2) is 47.6 Å². The fourth-order valence-corrected chi connectivity index (χ4v) is 4.43. The molecule has 0 aliphatic rings. The van der Waals surface area contributed by atoms with Gasteiger partial charge in [-0.05, 0) is 31.2 Å². The third-order valence-electron chi connectivity index (χ3n) is 4.92. The molecule has 0 bridgehead atoms. The van der Waals surface area contributed by atoms with Crippen LogP contribution in [0.25, 0.3) is 33.2 Å². The van der Waals surface area contributed by atoms with Gasteiger partial charge in [0, 0.05) is 35.0 Å². The van der Waals surface area contributed by atoms with Crippen molar-refractivity contribution in [1.29, 1.82) is 0 Å². The summed E-state index contributed by atoms with van der Waals surface area (Å²) in [6.45, 7) is 1.78. The van der Waals surface area contributed by atoms with Crippen LogP contribution < -0.4 is 10.5 Å². The van der Waals surface area contributed by atoms with Crippen molar-refractivity contribution in [2.75, 3.05) is 10.5 Å². The Balaban J connectivity index is 1.56. The van der Waals surface area contributed by atoms with Crippen molar-refractivity contribution in [3.8, 4) is 11.1 Å². The zero-order chi connectivity index (χ0) is 23.3. The summed E-state index contributed by atoms with van der Waals surface area (Å²) < 4.78 is 54.7. The third kappa shape index (κ3) is 3.67. The molecule has 33 heavy (non-hydrogen) atoms. The Labute approximate surface area is 185 Å². The number of nitrogens with zero attached hydrogens (tertiary/aromatic N) is 5. The number of nitrogens with one attached hydrogen (secondary N) is 2. The first-order valence-electron chi connectivity index (χ1n) is 9.43. The molecule has 5 aromatic rings. The molecule has 0 radical (unpaired) electrons. The lowest BCUT2D eigenvalue weighted by Gasteiger charge is -2.08. The second-order valence-corrected chi connectivity index (χ2v) is 8.79. The molecule has 0 saturated carbocycles. The van der Waals surface area contributed by atoms with Crippen LogP contribution in [0.1, 0.15) is 5.69 Å². The number of nitrogen functional groups attached to an aromatic ring is 1. The van der Waals surface area contributed by atoms with Gasteiger partial charge in [0.2, 0.25) is 5.95 Å². The Hall–Kier alpha value is -4.26. The van der Waals surface area contributed by atoms with E-state index in [0.717, 1.165) is 12.1 Å². The van der Waals surface area contributed by atoms with Gasteiger partial charge in [0.25, 0.3) is 10.0 Å². The van der Waals surface area contributed by atoms with Crippen LogP contribution in [0.3, 0.4) is 0 Å². The molecule has 0 unspecified atom stereocenters. The molecule has 4 heterocycles. The number of sulfonamides is 1. The van der Waals surface area contributed by atoms with E-state index in [2.05, 4.69) is 34.9 Å². The number of pyridine rings is 2. The summed E-state index contributed by atoms with van der Waals surface area (Å²) >= 11 is 0. The van der Waals surface area contributed by atoms with Crippen LogP contribution >= 0.6 is 0 Å². The Morgan fingerprint density at radius 1 is 1.00 bits per heavy atom. The van der Waals surface area contributed by atoms with E-state index in [0.29, 0.717) is 45.0 Å². The van der Waals surface area contributed by atoms with E-state index in [1.807, 2.05) is 6.07 Å². The number of benzene rings is 1. The molecule has 4 N–H and O–H groups in total. The Kier molecular flexibility index (Phi) is 4.63. The largest absolute Gasteiger partial charge is 0.368 e. The van der Waals surface area contributed by atoms with Crippen molar-refractivity contribution in [2.45, 2.75) is 11.8 Å². The molecular weight excluding hydrogens is 454 g/mol. The summed E-state index contributed by atoms with van der Waals surface area (Å²) in [5.41, 5.74) is 8.35. The van der Waals surface area contributed by atoms with Gasteiger partial charge in [-0.15, -0.1) is 0 Å². The average molecular weight is 468 g/mol. The molecule has 5 rings (SSSR count). The van der Waals surface area contributed by atoms with Gasteiger partial charge in [-0.25, -0.2) is 32.2 Å². The summed E-state index contributed by atoms with van der Waals surface area (Å²) in [6.07, 6.45) is 3.14. The average Bonchev–Trinajstić information content (AvgIpc) is 3.14. The summed E-state index contributed by atoms with van der Waals surface area (Å²) in [7, 11) is -4.38. The van der Waals surface area contributed by atoms with Crippen LogP contribution in [-0.4, -0.2) is 38.6 Å². The molecule has 0 atom stereocenters. The summed E-state index contributed by atoms with van der Waals surface area (Å²) in [4.78, 5) is 16.1. The predicted molar refractivity (Wildman–Crippen MR) is 117 cm³/mol. The molecule has 0 spiro atoms. The zero-order valence-corrected chi connectivity index (χ0v) is 17.7. The van der Waals surface area contributed by atoms with Gasteiger partial charge in [0.15, 0.2) is 17.1 Å². The summed E-state index contributed by atoms with van der Waals surface area (Å²) in [6, 6.07) is 5.65. The molecule has 0 fully saturated rings. The number of hydrogen-bond acceptors (Lipinski definition) is 8. The highest BCUT2D eigenvalue weighted by atomic mass is 32.2. The molecule has 13 heteroatoms. The fraction of sp³-hybridized carbons (Fsp3) is 0.0500. The topological polar surface area (TPSA) is 152 Å². The molecular formula is C20H14F2N8O2S. The van der Waals surface area contributed by atoms with E-state index in [1.54, 1.807) is 25.4 Å². The monoisotopic (exact) mass is 468 g/mol. The van der Waals surface area contributed by atoms with E-state index < -0.39 is 26.6 Å². The molecule has 0 saturated heterocycles. The maximum Gasteiger partial charge on any atom is 0.266 e. The molecule has 0 amide bonds. The lowest BCUT2D eigenvalue weighted by Crippen LogP contribution is -2.15. The van der Waals surface area contributed by atoms with Crippen LogP contribution in [0.4, 0.5) is 20.5 Å². The number of rotatable bonds is 4. The maximum atomic E-state index is 14.0. The Morgan fingerprint density at radius 2 is 1.73 bits per heavy atom. The van der Waals surface area contributed by atoms with Gasteiger partial charge in [0.1, 0.15) is 16.5 Å². The predicted octanol–water partition coefficient (Wildman–Crippen LogP) is 2.93. The van der Waals surface area contributed by atoms with Crippen molar-refractivity contribution >= 4 is 43.9 Å². The smallest absolute Gasteiger partial charge is 0.266 e. The highest BCUT2D eigenvalue weighted by Gasteiger charge is 2.22. The minimum atomic E-state index is -4.38. The van der Waals surface area contributed by atoms with E-state index in [9.17, 15) is 17.2 Å². The molecule has 166 valence electrons. The van der Waals surface area contributed by atoms with E-state index in [1.165, 1.54) is 0 Å². The normalized spacial score (nSPS) is 11.8. The number of hydrogen-bond donors (Lipinski definition) is 3. The molecule has 1 aromatic carbocycles.